The lowest BCUT2D eigenvalue weighted by Crippen LogP contribution is -2.15. The van der Waals surface area contributed by atoms with Gasteiger partial charge in [-0.3, -0.25) is 4.79 Å². The molecule has 0 spiro atoms. The zero-order chi connectivity index (χ0) is 11.8. The molecule has 1 aromatic heterocycles. The first-order valence-electron chi connectivity index (χ1n) is 5.50. The molecule has 4 heteroatoms. The van der Waals surface area contributed by atoms with E-state index in [9.17, 15) is 4.79 Å². The zero-order valence-corrected chi connectivity index (χ0v) is 10.6. The Labute approximate surface area is 107 Å². The summed E-state index contributed by atoms with van der Waals surface area (Å²) in [4.78, 5) is 11.8. The maximum absolute atomic E-state index is 11.8. The van der Waals surface area contributed by atoms with E-state index in [0.717, 1.165) is 6.42 Å². The SMILES string of the molecule is O=C1CCC(c2ccccc2)c2onc(Br)c21. The number of carbonyl (C=O) groups excluding carboxylic acids is 1. The topological polar surface area (TPSA) is 43.1 Å². The Bertz CT molecular complexity index is 562. The van der Waals surface area contributed by atoms with Crippen molar-refractivity contribution in [2.24, 2.45) is 0 Å². The van der Waals surface area contributed by atoms with Gasteiger partial charge in [-0.2, -0.15) is 0 Å². The van der Waals surface area contributed by atoms with Crippen LogP contribution in [0.2, 0.25) is 0 Å². The molecule has 0 fully saturated rings. The van der Waals surface area contributed by atoms with E-state index < -0.39 is 0 Å². The van der Waals surface area contributed by atoms with E-state index >= 15 is 0 Å². The molecule has 1 aliphatic carbocycles. The maximum Gasteiger partial charge on any atom is 0.169 e. The van der Waals surface area contributed by atoms with Crippen LogP contribution in [0.1, 0.15) is 40.4 Å². The average Bonchev–Trinajstić information content (AvgIpc) is 2.74. The maximum atomic E-state index is 11.8. The molecule has 0 N–H and O–H groups in total. The first kappa shape index (κ1) is 10.7. The fraction of sp³-hybridized carbons (Fsp3) is 0.231. The second kappa shape index (κ2) is 4.11. The van der Waals surface area contributed by atoms with Gasteiger partial charge in [-0.05, 0) is 27.9 Å². The van der Waals surface area contributed by atoms with Crippen molar-refractivity contribution in [1.29, 1.82) is 0 Å². The van der Waals surface area contributed by atoms with Crippen molar-refractivity contribution in [2.45, 2.75) is 18.8 Å². The minimum atomic E-state index is 0.111. The number of aromatic nitrogens is 1. The highest BCUT2D eigenvalue weighted by Crippen LogP contribution is 2.39. The highest BCUT2D eigenvalue weighted by atomic mass is 79.9. The normalized spacial score (nSPS) is 19.1. The molecule has 0 aliphatic heterocycles. The van der Waals surface area contributed by atoms with Crippen LogP contribution in [0.3, 0.4) is 0 Å². The van der Waals surface area contributed by atoms with Gasteiger partial charge in [0.05, 0.1) is 5.56 Å². The fourth-order valence-corrected chi connectivity index (χ4v) is 2.80. The number of hydrogen-bond donors (Lipinski definition) is 0. The third-order valence-electron chi connectivity index (χ3n) is 3.13. The number of ketones is 1. The first-order chi connectivity index (χ1) is 8.27. The third kappa shape index (κ3) is 1.72. The number of benzene rings is 1. The largest absolute Gasteiger partial charge is 0.359 e. The second-order valence-electron chi connectivity index (χ2n) is 4.14. The van der Waals surface area contributed by atoms with Gasteiger partial charge < -0.3 is 4.52 Å². The van der Waals surface area contributed by atoms with E-state index in [0.29, 0.717) is 22.3 Å². The lowest BCUT2D eigenvalue weighted by Gasteiger charge is -2.19. The van der Waals surface area contributed by atoms with Gasteiger partial charge in [0, 0.05) is 12.3 Å². The van der Waals surface area contributed by atoms with Crippen LogP contribution in [0.25, 0.3) is 0 Å². The molecule has 0 saturated carbocycles. The molecule has 3 nitrogen and oxygen atoms in total. The van der Waals surface area contributed by atoms with Crippen molar-refractivity contribution in [3.8, 4) is 0 Å². The van der Waals surface area contributed by atoms with Crippen LogP contribution in [-0.4, -0.2) is 10.9 Å². The van der Waals surface area contributed by atoms with E-state index in [1.807, 2.05) is 18.2 Å². The molecule has 1 atom stereocenters. The van der Waals surface area contributed by atoms with Crippen molar-refractivity contribution < 1.29 is 9.32 Å². The smallest absolute Gasteiger partial charge is 0.169 e. The minimum absolute atomic E-state index is 0.111. The Balaban J connectivity index is 2.10. The van der Waals surface area contributed by atoms with Gasteiger partial charge >= 0.3 is 0 Å². The molecule has 3 rings (SSSR count). The molecule has 1 unspecified atom stereocenters. The molecular formula is C13H10BrNO2. The summed E-state index contributed by atoms with van der Waals surface area (Å²) in [6, 6.07) is 10.1. The number of carbonyl (C=O) groups is 1. The van der Waals surface area contributed by atoms with Gasteiger partial charge in [0.2, 0.25) is 0 Å². The molecule has 2 aromatic rings. The Hall–Kier alpha value is -1.42. The van der Waals surface area contributed by atoms with Crippen LogP contribution in [-0.2, 0) is 0 Å². The second-order valence-corrected chi connectivity index (χ2v) is 4.89. The molecule has 17 heavy (non-hydrogen) atoms. The molecule has 0 bridgehead atoms. The Kier molecular flexibility index (Phi) is 2.59. The molecule has 86 valence electrons. The molecular weight excluding hydrogens is 282 g/mol. The van der Waals surface area contributed by atoms with Gasteiger partial charge in [-0.25, -0.2) is 0 Å². The molecule has 0 radical (unpaired) electrons. The van der Waals surface area contributed by atoms with E-state index in [2.05, 4.69) is 33.2 Å². The Morgan fingerprint density at radius 1 is 1.29 bits per heavy atom. The van der Waals surface area contributed by atoms with Gasteiger partial charge in [0.1, 0.15) is 0 Å². The first-order valence-corrected chi connectivity index (χ1v) is 6.30. The summed E-state index contributed by atoms with van der Waals surface area (Å²) in [6.07, 6.45) is 1.34. The van der Waals surface area contributed by atoms with Gasteiger partial charge in [0.25, 0.3) is 0 Å². The predicted octanol–water partition coefficient (Wildman–Crippen LogP) is 3.55. The highest BCUT2D eigenvalue weighted by molar-refractivity contribution is 9.10. The van der Waals surface area contributed by atoms with Crippen LogP contribution in [0.5, 0.6) is 0 Å². The van der Waals surface area contributed by atoms with E-state index in [-0.39, 0.29) is 11.7 Å². The summed E-state index contributed by atoms with van der Waals surface area (Å²) in [6.45, 7) is 0. The summed E-state index contributed by atoms with van der Waals surface area (Å²) in [5.74, 6) is 0.947. The van der Waals surface area contributed by atoms with Crippen molar-refractivity contribution in [3.05, 3.63) is 51.8 Å². The number of rotatable bonds is 1. The predicted molar refractivity (Wildman–Crippen MR) is 66.1 cm³/mol. The number of fused-ring (bicyclic) bond motifs is 1. The molecule has 1 aromatic carbocycles. The summed E-state index contributed by atoms with van der Waals surface area (Å²) in [7, 11) is 0. The lowest BCUT2D eigenvalue weighted by atomic mass is 9.83. The van der Waals surface area contributed by atoms with Crippen LogP contribution in [0.4, 0.5) is 0 Å². The van der Waals surface area contributed by atoms with Crippen molar-refractivity contribution in [1.82, 2.24) is 5.16 Å². The highest BCUT2D eigenvalue weighted by Gasteiger charge is 2.33. The summed E-state index contributed by atoms with van der Waals surface area (Å²) < 4.78 is 5.83. The lowest BCUT2D eigenvalue weighted by molar-refractivity contribution is 0.0964. The van der Waals surface area contributed by atoms with Crippen molar-refractivity contribution in [2.75, 3.05) is 0 Å². The molecule has 0 saturated heterocycles. The monoisotopic (exact) mass is 291 g/mol. The molecule has 1 aliphatic rings. The summed E-state index contributed by atoms with van der Waals surface area (Å²) in [5, 5.41) is 3.85. The quantitative estimate of drug-likeness (QED) is 0.807. The summed E-state index contributed by atoms with van der Waals surface area (Å²) >= 11 is 3.27. The van der Waals surface area contributed by atoms with E-state index in [4.69, 9.17) is 4.52 Å². The minimum Gasteiger partial charge on any atom is -0.359 e. The summed E-state index contributed by atoms with van der Waals surface area (Å²) in [5.41, 5.74) is 1.79. The standard InChI is InChI=1S/C13H10BrNO2/c14-13-11-10(16)7-6-9(12(11)17-15-13)8-4-2-1-3-5-8/h1-5,9H,6-7H2. The van der Waals surface area contributed by atoms with Crippen LogP contribution in [0.15, 0.2) is 39.5 Å². The van der Waals surface area contributed by atoms with E-state index in [1.165, 1.54) is 5.56 Å². The zero-order valence-electron chi connectivity index (χ0n) is 9.02. The van der Waals surface area contributed by atoms with Crippen LogP contribution in [0, 0.1) is 0 Å². The fourth-order valence-electron chi connectivity index (χ4n) is 2.31. The number of hydrogen-bond acceptors (Lipinski definition) is 3. The Morgan fingerprint density at radius 2 is 2.06 bits per heavy atom. The number of nitrogens with zero attached hydrogens (tertiary/aromatic N) is 1. The number of Topliss-reactive ketones (excluding diaryl/α,β-unsaturated/α-hetero) is 1. The van der Waals surface area contributed by atoms with Gasteiger partial charge in [-0.15, -0.1) is 0 Å². The Morgan fingerprint density at radius 3 is 2.82 bits per heavy atom. The van der Waals surface area contributed by atoms with Gasteiger partial charge in [0.15, 0.2) is 16.1 Å². The van der Waals surface area contributed by atoms with Gasteiger partial charge in [-0.1, -0.05) is 35.5 Å². The molecule has 1 heterocycles. The average molecular weight is 292 g/mol. The van der Waals surface area contributed by atoms with Crippen molar-refractivity contribution in [3.63, 3.8) is 0 Å². The van der Waals surface area contributed by atoms with Crippen LogP contribution >= 0.6 is 15.9 Å². The molecule has 0 amide bonds. The third-order valence-corrected chi connectivity index (χ3v) is 3.68. The van der Waals surface area contributed by atoms with E-state index in [1.54, 1.807) is 0 Å². The van der Waals surface area contributed by atoms with Crippen molar-refractivity contribution >= 4 is 21.7 Å². The van der Waals surface area contributed by atoms with Crippen LogP contribution < -0.4 is 0 Å². The number of halogens is 1.